The van der Waals surface area contributed by atoms with Crippen molar-refractivity contribution in [1.29, 1.82) is 0 Å². The second-order valence-electron chi connectivity index (χ2n) is 8.23. The van der Waals surface area contributed by atoms with E-state index in [0.717, 1.165) is 44.9 Å². The molecule has 1 amide bonds. The highest BCUT2D eigenvalue weighted by atomic mass is 32.1. The molecular formula is C22H26N2OS. The average molecular weight is 367 g/mol. The van der Waals surface area contributed by atoms with E-state index >= 15 is 0 Å². The first-order chi connectivity index (χ1) is 12.8. The fraction of sp³-hybridized carbons (Fsp3) is 0.500. The highest BCUT2D eigenvalue weighted by Crippen LogP contribution is 2.57. The van der Waals surface area contributed by atoms with E-state index in [1.807, 2.05) is 11.3 Å². The first-order valence-corrected chi connectivity index (χ1v) is 10.7. The summed E-state index contributed by atoms with van der Waals surface area (Å²) in [5.74, 6) is 1.18. The highest BCUT2D eigenvalue weighted by molar-refractivity contribution is 7.09. The van der Waals surface area contributed by atoms with E-state index in [2.05, 4.69) is 57.6 Å². The van der Waals surface area contributed by atoms with Gasteiger partial charge in [0, 0.05) is 18.0 Å². The molecule has 1 atom stereocenters. The molecule has 2 saturated heterocycles. The number of hydrogen-bond acceptors (Lipinski definition) is 3. The third-order valence-electron chi connectivity index (χ3n) is 6.50. The van der Waals surface area contributed by atoms with Crippen molar-refractivity contribution < 1.29 is 4.79 Å². The van der Waals surface area contributed by atoms with Crippen LogP contribution in [0.25, 0.3) is 0 Å². The number of thiophene rings is 1. The lowest BCUT2D eigenvalue weighted by Gasteiger charge is -2.59. The molecule has 0 bridgehead atoms. The minimum atomic E-state index is -0.151. The van der Waals surface area contributed by atoms with Crippen LogP contribution in [0.5, 0.6) is 0 Å². The van der Waals surface area contributed by atoms with Gasteiger partial charge in [-0.25, -0.2) is 0 Å². The van der Waals surface area contributed by atoms with Gasteiger partial charge in [0.25, 0.3) is 0 Å². The second kappa shape index (κ2) is 6.50. The van der Waals surface area contributed by atoms with E-state index in [0.29, 0.717) is 11.9 Å². The summed E-state index contributed by atoms with van der Waals surface area (Å²) in [4.78, 5) is 19.4. The predicted molar refractivity (Wildman–Crippen MR) is 105 cm³/mol. The van der Waals surface area contributed by atoms with Gasteiger partial charge in [0.05, 0.1) is 11.5 Å². The lowest BCUT2D eigenvalue weighted by atomic mass is 9.62. The zero-order valence-corrected chi connectivity index (χ0v) is 16.0. The number of hydrogen-bond donors (Lipinski definition) is 0. The van der Waals surface area contributed by atoms with Gasteiger partial charge in [-0.1, -0.05) is 36.4 Å². The lowest BCUT2D eigenvalue weighted by molar-refractivity contribution is -0.181. The van der Waals surface area contributed by atoms with Crippen LogP contribution in [0, 0.1) is 11.3 Å². The zero-order chi connectivity index (χ0) is 17.6. The number of rotatable bonds is 5. The maximum atomic E-state index is 13.2. The molecule has 5 rings (SSSR count). The molecule has 0 radical (unpaired) electrons. The fourth-order valence-corrected chi connectivity index (χ4v) is 5.62. The van der Waals surface area contributed by atoms with Crippen molar-refractivity contribution in [3.63, 3.8) is 0 Å². The summed E-state index contributed by atoms with van der Waals surface area (Å²) in [6.07, 6.45) is 4.59. The minimum Gasteiger partial charge on any atom is -0.334 e. The SMILES string of the molecule is O=C1N(CC2CC2)[C@H](c2ccccc2)C12CCN(Cc1cccs1)CC2. The van der Waals surface area contributed by atoms with Crippen molar-refractivity contribution in [2.24, 2.45) is 11.3 Å². The van der Waals surface area contributed by atoms with Crippen molar-refractivity contribution in [2.45, 2.75) is 38.3 Å². The molecule has 136 valence electrons. The highest BCUT2D eigenvalue weighted by Gasteiger charge is 2.61. The van der Waals surface area contributed by atoms with Crippen molar-refractivity contribution in [2.75, 3.05) is 19.6 Å². The van der Waals surface area contributed by atoms with Crippen molar-refractivity contribution in [3.05, 3.63) is 58.3 Å². The molecule has 26 heavy (non-hydrogen) atoms. The fourth-order valence-electron chi connectivity index (χ4n) is 4.87. The molecule has 3 aliphatic rings. The molecule has 2 aliphatic heterocycles. The third-order valence-corrected chi connectivity index (χ3v) is 7.36. The van der Waals surface area contributed by atoms with Crippen LogP contribution < -0.4 is 0 Å². The largest absolute Gasteiger partial charge is 0.334 e. The van der Waals surface area contributed by atoms with Crippen LogP contribution in [-0.2, 0) is 11.3 Å². The molecule has 1 saturated carbocycles. The van der Waals surface area contributed by atoms with Crippen LogP contribution in [0.15, 0.2) is 47.8 Å². The Labute approximate surface area is 159 Å². The van der Waals surface area contributed by atoms with Crippen LogP contribution in [0.3, 0.4) is 0 Å². The molecule has 0 N–H and O–H groups in total. The summed E-state index contributed by atoms with van der Waals surface area (Å²) in [6, 6.07) is 15.4. The van der Waals surface area contributed by atoms with Crippen LogP contribution in [0.1, 0.15) is 42.2 Å². The molecule has 1 aromatic carbocycles. The van der Waals surface area contributed by atoms with Gasteiger partial charge >= 0.3 is 0 Å². The first-order valence-electron chi connectivity index (χ1n) is 9.87. The molecule has 3 heterocycles. The van der Waals surface area contributed by atoms with Crippen LogP contribution in [0.2, 0.25) is 0 Å². The second-order valence-corrected chi connectivity index (χ2v) is 9.26. The Hall–Kier alpha value is -1.65. The number of likely N-dealkylation sites (tertiary alicyclic amines) is 2. The summed E-state index contributed by atoms with van der Waals surface area (Å²) in [7, 11) is 0. The molecule has 2 aromatic rings. The van der Waals surface area contributed by atoms with Gasteiger partial charge in [0.15, 0.2) is 0 Å². The Morgan fingerprint density at radius 2 is 1.81 bits per heavy atom. The maximum Gasteiger partial charge on any atom is 0.231 e. The van der Waals surface area contributed by atoms with E-state index < -0.39 is 0 Å². The predicted octanol–water partition coefficient (Wildman–Crippen LogP) is 4.32. The number of benzene rings is 1. The number of β-lactam (4-membered cyclic amide) rings is 1. The van der Waals surface area contributed by atoms with Gasteiger partial charge in [-0.05, 0) is 61.7 Å². The summed E-state index contributed by atoms with van der Waals surface area (Å²) in [5, 5.41) is 2.15. The number of nitrogens with zero attached hydrogens (tertiary/aromatic N) is 2. The molecule has 1 aromatic heterocycles. The minimum absolute atomic E-state index is 0.151. The number of carbonyl (C=O) groups is 1. The number of carbonyl (C=O) groups excluding carboxylic acids is 1. The lowest BCUT2D eigenvalue weighted by Crippen LogP contribution is -2.66. The summed E-state index contributed by atoms with van der Waals surface area (Å²) in [6.45, 7) is 4.07. The van der Waals surface area contributed by atoms with Gasteiger partial charge in [0.1, 0.15) is 0 Å². The Bertz CT molecular complexity index is 761. The first kappa shape index (κ1) is 16.5. The van der Waals surface area contributed by atoms with E-state index in [9.17, 15) is 4.79 Å². The van der Waals surface area contributed by atoms with Crippen molar-refractivity contribution >= 4 is 17.2 Å². The standard InChI is InChI=1S/C22H26N2OS/c25-21-22(10-12-23(13-11-22)16-19-7-4-14-26-19)20(18-5-2-1-3-6-18)24(21)15-17-8-9-17/h1-7,14,17,20H,8-13,15-16H2/t20-/m1/s1. The zero-order valence-electron chi connectivity index (χ0n) is 15.1. The Morgan fingerprint density at radius 3 is 2.46 bits per heavy atom. The maximum absolute atomic E-state index is 13.2. The molecular weight excluding hydrogens is 340 g/mol. The van der Waals surface area contributed by atoms with E-state index in [1.165, 1.54) is 23.3 Å². The smallest absolute Gasteiger partial charge is 0.231 e. The Kier molecular flexibility index (Phi) is 4.13. The van der Waals surface area contributed by atoms with Crippen molar-refractivity contribution in [3.8, 4) is 0 Å². The van der Waals surface area contributed by atoms with E-state index in [1.54, 1.807) is 0 Å². The van der Waals surface area contributed by atoms with Crippen LogP contribution in [-0.4, -0.2) is 35.3 Å². The van der Waals surface area contributed by atoms with Crippen LogP contribution in [0.4, 0.5) is 0 Å². The summed E-state index contributed by atoms with van der Waals surface area (Å²) < 4.78 is 0. The topological polar surface area (TPSA) is 23.6 Å². The molecule has 4 heteroatoms. The van der Waals surface area contributed by atoms with E-state index in [4.69, 9.17) is 0 Å². The molecule has 3 nitrogen and oxygen atoms in total. The number of amides is 1. The third kappa shape index (κ3) is 2.80. The normalized spacial score (nSPS) is 25.5. The van der Waals surface area contributed by atoms with Gasteiger partial charge in [-0.15, -0.1) is 11.3 Å². The molecule has 1 spiro atoms. The van der Waals surface area contributed by atoms with E-state index in [-0.39, 0.29) is 5.41 Å². The summed E-state index contributed by atoms with van der Waals surface area (Å²) >= 11 is 1.83. The Balaban J connectivity index is 1.34. The van der Waals surface area contributed by atoms with Gasteiger partial charge < -0.3 is 4.90 Å². The van der Waals surface area contributed by atoms with Gasteiger partial charge in [-0.3, -0.25) is 9.69 Å². The Morgan fingerprint density at radius 1 is 1.04 bits per heavy atom. The van der Waals surface area contributed by atoms with Crippen molar-refractivity contribution in [1.82, 2.24) is 9.80 Å². The molecule has 0 unspecified atom stereocenters. The number of piperidine rings is 1. The molecule has 1 aliphatic carbocycles. The summed E-state index contributed by atoms with van der Waals surface area (Å²) in [5.41, 5.74) is 1.18. The average Bonchev–Trinajstić information content (AvgIpc) is 3.36. The van der Waals surface area contributed by atoms with Gasteiger partial charge in [0.2, 0.25) is 5.91 Å². The van der Waals surface area contributed by atoms with Gasteiger partial charge in [-0.2, -0.15) is 0 Å². The molecule has 3 fully saturated rings. The monoisotopic (exact) mass is 366 g/mol. The van der Waals surface area contributed by atoms with Crippen LogP contribution >= 0.6 is 11.3 Å². The quantitative estimate of drug-likeness (QED) is 0.736.